The van der Waals surface area contributed by atoms with E-state index < -0.39 is 17.7 Å². The van der Waals surface area contributed by atoms with Crippen LogP contribution >= 0.6 is 23.5 Å². The smallest absolute Gasteiger partial charge is 0.159 e. The molecule has 1 fully saturated rings. The third-order valence-electron chi connectivity index (χ3n) is 3.09. The van der Waals surface area contributed by atoms with E-state index in [1.165, 1.54) is 6.07 Å². The molecule has 1 nitrogen and oxygen atoms in total. The van der Waals surface area contributed by atoms with Gasteiger partial charge >= 0.3 is 0 Å². The van der Waals surface area contributed by atoms with E-state index in [1.807, 2.05) is 11.8 Å². The monoisotopic (exact) mass is 290 g/mol. The van der Waals surface area contributed by atoms with Gasteiger partial charge in [0, 0.05) is 22.0 Å². The molecule has 100 valence electrons. The number of rotatable bonds is 3. The van der Waals surface area contributed by atoms with Gasteiger partial charge in [0.05, 0.1) is 6.10 Å². The molecule has 3 unspecified atom stereocenters. The van der Waals surface area contributed by atoms with Crippen molar-refractivity contribution in [2.45, 2.75) is 29.9 Å². The first-order chi connectivity index (χ1) is 8.63. The van der Waals surface area contributed by atoms with Crippen LogP contribution in [0.4, 0.5) is 8.78 Å². The minimum Gasteiger partial charge on any atom is -0.387 e. The molecule has 5 heteroatoms. The van der Waals surface area contributed by atoms with E-state index in [-0.39, 0.29) is 5.25 Å². The highest BCUT2D eigenvalue weighted by Crippen LogP contribution is 2.40. The molecule has 2 rings (SSSR count). The molecule has 1 aliphatic heterocycles. The Morgan fingerprint density at radius 2 is 2.00 bits per heavy atom. The van der Waals surface area contributed by atoms with Crippen LogP contribution in [0.3, 0.4) is 0 Å². The van der Waals surface area contributed by atoms with Gasteiger partial charge in [-0.15, -0.1) is 0 Å². The van der Waals surface area contributed by atoms with E-state index in [0.29, 0.717) is 10.8 Å². The Kier molecular flexibility index (Phi) is 4.92. The van der Waals surface area contributed by atoms with Crippen molar-refractivity contribution >= 4 is 23.5 Å². The summed E-state index contributed by atoms with van der Waals surface area (Å²) in [6, 6.07) is 3.65. The Morgan fingerprint density at radius 1 is 1.28 bits per heavy atom. The van der Waals surface area contributed by atoms with Gasteiger partial charge in [-0.25, -0.2) is 8.78 Å². The summed E-state index contributed by atoms with van der Waals surface area (Å²) in [6.07, 6.45) is 0.242. The second kappa shape index (κ2) is 6.26. The van der Waals surface area contributed by atoms with Gasteiger partial charge in [0.2, 0.25) is 0 Å². The third kappa shape index (κ3) is 3.00. The summed E-state index contributed by atoms with van der Waals surface area (Å²) >= 11 is 3.57. The lowest BCUT2D eigenvalue weighted by Crippen LogP contribution is -2.31. The van der Waals surface area contributed by atoms with Gasteiger partial charge in [0.15, 0.2) is 11.6 Å². The molecule has 1 aliphatic rings. The molecular weight excluding hydrogens is 274 g/mol. The van der Waals surface area contributed by atoms with E-state index >= 15 is 0 Å². The summed E-state index contributed by atoms with van der Waals surface area (Å²) in [7, 11) is 0. The van der Waals surface area contributed by atoms with Crippen LogP contribution in [0.25, 0.3) is 0 Å². The van der Waals surface area contributed by atoms with Gasteiger partial charge in [-0.2, -0.15) is 23.5 Å². The molecule has 0 spiro atoms. The molecule has 18 heavy (non-hydrogen) atoms. The predicted octanol–water partition coefficient (Wildman–Crippen LogP) is 3.63. The van der Waals surface area contributed by atoms with Crippen LogP contribution < -0.4 is 0 Å². The molecule has 0 aromatic heterocycles. The molecule has 1 aromatic carbocycles. The molecule has 3 atom stereocenters. The molecule has 1 saturated heterocycles. The van der Waals surface area contributed by atoms with Crippen molar-refractivity contribution < 1.29 is 13.9 Å². The van der Waals surface area contributed by atoms with E-state index in [4.69, 9.17) is 0 Å². The highest BCUT2D eigenvalue weighted by atomic mass is 32.2. The topological polar surface area (TPSA) is 20.2 Å². The van der Waals surface area contributed by atoms with Gasteiger partial charge < -0.3 is 5.11 Å². The second-order valence-electron chi connectivity index (χ2n) is 4.27. The van der Waals surface area contributed by atoms with Crippen LogP contribution in [0, 0.1) is 11.6 Å². The predicted molar refractivity (Wildman–Crippen MR) is 74.1 cm³/mol. The SMILES string of the molecule is CCC1SCCSC1C(O)c1ccc(F)c(F)c1. The lowest BCUT2D eigenvalue weighted by Gasteiger charge is -2.33. The van der Waals surface area contributed by atoms with Gasteiger partial charge in [0.25, 0.3) is 0 Å². The van der Waals surface area contributed by atoms with Crippen molar-refractivity contribution in [3.63, 3.8) is 0 Å². The number of hydrogen-bond acceptors (Lipinski definition) is 3. The van der Waals surface area contributed by atoms with E-state index in [1.54, 1.807) is 11.8 Å². The van der Waals surface area contributed by atoms with Crippen LogP contribution in [0.2, 0.25) is 0 Å². The van der Waals surface area contributed by atoms with Crippen molar-refractivity contribution in [3.8, 4) is 0 Å². The molecule has 0 bridgehead atoms. The van der Waals surface area contributed by atoms with Crippen molar-refractivity contribution in [1.29, 1.82) is 0 Å². The van der Waals surface area contributed by atoms with Gasteiger partial charge in [0.1, 0.15) is 0 Å². The summed E-state index contributed by atoms with van der Waals surface area (Å²) < 4.78 is 26.1. The van der Waals surface area contributed by atoms with Crippen LogP contribution in [-0.2, 0) is 0 Å². The van der Waals surface area contributed by atoms with Gasteiger partial charge in [-0.3, -0.25) is 0 Å². The van der Waals surface area contributed by atoms with E-state index in [2.05, 4.69) is 6.92 Å². The fraction of sp³-hybridized carbons (Fsp3) is 0.538. The summed E-state index contributed by atoms with van der Waals surface area (Å²) in [5.41, 5.74) is 0.465. The molecule has 0 radical (unpaired) electrons. The summed E-state index contributed by atoms with van der Waals surface area (Å²) in [4.78, 5) is 0. The first-order valence-electron chi connectivity index (χ1n) is 5.99. The number of aliphatic hydroxyl groups excluding tert-OH is 1. The lowest BCUT2D eigenvalue weighted by atomic mass is 10.0. The molecule has 1 N–H and O–H groups in total. The van der Waals surface area contributed by atoms with Crippen molar-refractivity contribution in [1.82, 2.24) is 0 Å². The highest BCUT2D eigenvalue weighted by Gasteiger charge is 2.32. The first kappa shape index (κ1) is 14.2. The Hall–Kier alpha value is -0.260. The number of halogens is 2. The molecule has 1 heterocycles. The van der Waals surface area contributed by atoms with Crippen LogP contribution in [0.15, 0.2) is 18.2 Å². The lowest BCUT2D eigenvalue weighted by molar-refractivity contribution is 0.171. The fourth-order valence-electron chi connectivity index (χ4n) is 2.12. The van der Waals surface area contributed by atoms with Crippen LogP contribution in [0.1, 0.15) is 25.0 Å². The maximum Gasteiger partial charge on any atom is 0.159 e. The first-order valence-corrected chi connectivity index (χ1v) is 8.09. The molecule has 0 saturated carbocycles. The average Bonchev–Trinajstić information content (AvgIpc) is 2.41. The van der Waals surface area contributed by atoms with Crippen molar-refractivity contribution in [2.24, 2.45) is 0 Å². The maximum atomic E-state index is 13.2. The van der Waals surface area contributed by atoms with Crippen LogP contribution in [-0.4, -0.2) is 27.1 Å². The zero-order valence-corrected chi connectivity index (χ0v) is 11.7. The minimum absolute atomic E-state index is 0.0543. The normalized spacial score (nSPS) is 26.0. The van der Waals surface area contributed by atoms with Crippen molar-refractivity contribution in [3.05, 3.63) is 35.4 Å². The highest BCUT2D eigenvalue weighted by molar-refractivity contribution is 8.07. The average molecular weight is 290 g/mol. The van der Waals surface area contributed by atoms with Crippen molar-refractivity contribution in [2.75, 3.05) is 11.5 Å². The quantitative estimate of drug-likeness (QED) is 0.918. The number of hydrogen-bond donors (Lipinski definition) is 1. The zero-order valence-electron chi connectivity index (χ0n) is 10.1. The summed E-state index contributed by atoms with van der Waals surface area (Å²) in [6.45, 7) is 2.09. The Bertz CT molecular complexity index is 414. The van der Waals surface area contributed by atoms with Gasteiger partial charge in [-0.05, 0) is 24.1 Å². The molecule has 0 aliphatic carbocycles. The zero-order chi connectivity index (χ0) is 13.1. The summed E-state index contributed by atoms with van der Waals surface area (Å²) in [5.74, 6) is 0.313. The molecular formula is C13H16F2OS2. The number of benzene rings is 1. The number of aliphatic hydroxyl groups is 1. The summed E-state index contributed by atoms with van der Waals surface area (Å²) in [5, 5.41) is 10.8. The maximum absolute atomic E-state index is 13.2. The third-order valence-corrected chi connectivity index (χ3v) is 6.43. The fourth-order valence-corrected chi connectivity index (χ4v) is 5.25. The van der Waals surface area contributed by atoms with E-state index in [0.717, 1.165) is 30.1 Å². The van der Waals surface area contributed by atoms with Gasteiger partial charge in [-0.1, -0.05) is 13.0 Å². The van der Waals surface area contributed by atoms with Crippen LogP contribution in [0.5, 0.6) is 0 Å². The standard InChI is InChI=1S/C13H16F2OS2/c1-2-11-13(18-6-5-17-11)12(16)8-3-4-9(14)10(15)7-8/h3-4,7,11-13,16H,2,5-6H2,1H3. The van der Waals surface area contributed by atoms with E-state index in [9.17, 15) is 13.9 Å². The Morgan fingerprint density at radius 3 is 2.67 bits per heavy atom. The second-order valence-corrected chi connectivity index (χ2v) is 6.90. The molecule has 0 amide bonds. The largest absolute Gasteiger partial charge is 0.387 e. The number of thioether (sulfide) groups is 2. The Balaban J connectivity index is 2.18. The Labute approximate surface area is 114 Å². The molecule has 1 aromatic rings. The minimum atomic E-state index is -0.895.